The molecular formula is C62H98O. The van der Waals surface area contributed by atoms with E-state index in [0.717, 1.165) is 35.5 Å². The molecule has 0 spiro atoms. The quantitative estimate of drug-likeness (QED) is 0.0857. The summed E-state index contributed by atoms with van der Waals surface area (Å²) in [5.74, 6) is 6.63. The minimum atomic E-state index is 0.661. The number of unbranched alkanes of at least 4 members (excludes halogenated alkanes) is 8. The number of hydrogen-bond acceptors (Lipinski definition) is 1. The molecule has 352 valence electrons. The third kappa shape index (κ3) is 16.6. The van der Waals surface area contributed by atoms with E-state index < -0.39 is 0 Å². The molecule has 0 amide bonds. The van der Waals surface area contributed by atoms with Gasteiger partial charge in [0.25, 0.3) is 0 Å². The molecular weight excluding hydrogens is 761 g/mol. The number of ether oxygens (including phenoxy) is 1. The standard InChI is InChI=1S/C62H98O/c1-5-9-11-13-15-19-51-25-33-57(34-26-51)61(59-41-37-55(38-42-59)53-29-21-49(17-7-3)22-30-53)45-47-63-48-46-62(58-35-27-52(28-36-58)20-16-14-12-10-6-2)60-43-39-56(40-44-60)54-31-23-50(18-8-4)24-32-54/h37-46,49-54,57-58H,5-36,47-48H2,1-4H3/t49-,50-,51-,52-,53-,54-,57-,58-. The summed E-state index contributed by atoms with van der Waals surface area (Å²) in [5, 5.41) is 0. The van der Waals surface area contributed by atoms with E-state index in [0.29, 0.717) is 25.0 Å². The van der Waals surface area contributed by atoms with Gasteiger partial charge < -0.3 is 4.74 Å². The lowest BCUT2D eigenvalue weighted by atomic mass is 9.74. The Hall–Kier alpha value is -2.12. The van der Waals surface area contributed by atoms with Gasteiger partial charge in [-0.3, -0.25) is 0 Å². The molecule has 1 nitrogen and oxygen atoms in total. The van der Waals surface area contributed by atoms with Gasteiger partial charge in [-0.15, -0.1) is 0 Å². The molecule has 63 heavy (non-hydrogen) atoms. The zero-order valence-corrected chi connectivity index (χ0v) is 41.8. The van der Waals surface area contributed by atoms with Gasteiger partial charge in [0.05, 0.1) is 13.2 Å². The molecule has 4 saturated carbocycles. The highest BCUT2D eigenvalue weighted by Crippen LogP contribution is 2.43. The van der Waals surface area contributed by atoms with Crippen LogP contribution >= 0.6 is 0 Å². The maximum absolute atomic E-state index is 6.68. The average molecular weight is 859 g/mol. The number of hydrogen-bond donors (Lipinski definition) is 0. The van der Waals surface area contributed by atoms with Gasteiger partial charge in [-0.2, -0.15) is 0 Å². The Labute approximate surface area is 390 Å². The fraction of sp³-hybridized carbons (Fsp3) is 0.742. The monoisotopic (exact) mass is 859 g/mol. The van der Waals surface area contributed by atoms with Crippen LogP contribution in [0, 0.1) is 35.5 Å². The lowest BCUT2D eigenvalue weighted by Gasteiger charge is -2.31. The Bertz CT molecular complexity index is 1410. The summed E-state index contributed by atoms with van der Waals surface area (Å²) in [5.41, 5.74) is 9.24. The molecule has 4 aliphatic rings. The number of allylic oxidation sites excluding steroid dienone is 2. The van der Waals surface area contributed by atoms with Crippen molar-refractivity contribution in [3.05, 3.63) is 82.9 Å². The van der Waals surface area contributed by atoms with E-state index in [9.17, 15) is 0 Å². The molecule has 0 N–H and O–H groups in total. The second-order valence-corrected chi connectivity index (χ2v) is 22.0. The highest BCUT2D eigenvalue weighted by Gasteiger charge is 2.28. The van der Waals surface area contributed by atoms with Crippen LogP contribution in [0.2, 0.25) is 0 Å². The fourth-order valence-electron chi connectivity index (χ4n) is 13.3. The second kappa shape index (κ2) is 28.8. The number of rotatable bonds is 26. The Kier molecular flexibility index (Phi) is 23.0. The first-order valence-electron chi connectivity index (χ1n) is 28.3. The van der Waals surface area contributed by atoms with Crippen LogP contribution in [0.4, 0.5) is 0 Å². The lowest BCUT2D eigenvalue weighted by molar-refractivity contribution is 0.193. The first kappa shape index (κ1) is 50.3. The van der Waals surface area contributed by atoms with Crippen LogP contribution in [0.25, 0.3) is 11.1 Å². The molecule has 6 rings (SSSR count). The Morgan fingerprint density at radius 1 is 0.381 bits per heavy atom. The van der Waals surface area contributed by atoms with Gasteiger partial charge >= 0.3 is 0 Å². The largest absolute Gasteiger partial charge is 0.373 e. The first-order chi connectivity index (χ1) is 31.1. The average Bonchev–Trinajstić information content (AvgIpc) is 3.33. The Balaban J connectivity index is 1.11. The summed E-state index contributed by atoms with van der Waals surface area (Å²) in [7, 11) is 0. The summed E-state index contributed by atoms with van der Waals surface area (Å²) < 4.78 is 6.68. The van der Waals surface area contributed by atoms with Crippen LogP contribution in [0.15, 0.2) is 60.7 Å². The maximum Gasteiger partial charge on any atom is 0.0657 e. The molecule has 4 aliphatic carbocycles. The highest BCUT2D eigenvalue weighted by atomic mass is 16.5. The van der Waals surface area contributed by atoms with Crippen molar-refractivity contribution < 1.29 is 4.74 Å². The minimum Gasteiger partial charge on any atom is -0.373 e. The summed E-state index contributed by atoms with van der Waals surface area (Å²) in [6.45, 7) is 10.8. The Morgan fingerprint density at radius 3 is 1.06 bits per heavy atom. The van der Waals surface area contributed by atoms with Crippen molar-refractivity contribution in [3.8, 4) is 0 Å². The van der Waals surface area contributed by atoms with E-state index in [1.807, 2.05) is 0 Å². The van der Waals surface area contributed by atoms with Gasteiger partial charge in [-0.1, -0.05) is 191 Å². The molecule has 0 saturated heterocycles. The molecule has 4 fully saturated rings. The van der Waals surface area contributed by atoms with E-state index in [-0.39, 0.29) is 0 Å². The molecule has 2 aromatic carbocycles. The van der Waals surface area contributed by atoms with Gasteiger partial charge in [0.1, 0.15) is 0 Å². The lowest BCUT2D eigenvalue weighted by Crippen LogP contribution is -2.17. The van der Waals surface area contributed by atoms with Crippen LogP contribution in [0.5, 0.6) is 0 Å². The van der Waals surface area contributed by atoms with Crippen LogP contribution in [-0.2, 0) is 4.74 Å². The summed E-state index contributed by atoms with van der Waals surface area (Å²) in [6.07, 6.45) is 49.8. The second-order valence-electron chi connectivity index (χ2n) is 22.0. The summed E-state index contributed by atoms with van der Waals surface area (Å²) in [4.78, 5) is 0. The van der Waals surface area contributed by atoms with E-state index in [1.165, 1.54) is 217 Å². The van der Waals surface area contributed by atoms with Crippen molar-refractivity contribution in [2.75, 3.05) is 13.2 Å². The van der Waals surface area contributed by atoms with E-state index in [2.05, 4.69) is 88.4 Å². The molecule has 0 heterocycles. The molecule has 0 aromatic heterocycles. The Morgan fingerprint density at radius 2 is 0.714 bits per heavy atom. The molecule has 0 radical (unpaired) electrons. The molecule has 0 atom stereocenters. The molecule has 1 heteroatoms. The molecule has 0 bridgehead atoms. The molecule has 0 unspecified atom stereocenters. The van der Waals surface area contributed by atoms with Gasteiger partial charge in [-0.25, -0.2) is 0 Å². The van der Waals surface area contributed by atoms with Gasteiger partial charge in [0, 0.05) is 0 Å². The first-order valence-corrected chi connectivity index (χ1v) is 28.3. The van der Waals surface area contributed by atoms with Gasteiger partial charge in [-0.05, 0) is 183 Å². The summed E-state index contributed by atoms with van der Waals surface area (Å²) >= 11 is 0. The van der Waals surface area contributed by atoms with Crippen molar-refractivity contribution >= 4 is 11.1 Å². The highest BCUT2D eigenvalue weighted by molar-refractivity contribution is 5.69. The van der Waals surface area contributed by atoms with E-state index >= 15 is 0 Å². The maximum atomic E-state index is 6.68. The third-order valence-corrected chi connectivity index (χ3v) is 17.4. The van der Waals surface area contributed by atoms with Crippen LogP contribution in [-0.4, -0.2) is 13.2 Å². The normalized spacial score (nSPS) is 27.4. The minimum absolute atomic E-state index is 0.661. The van der Waals surface area contributed by atoms with Crippen molar-refractivity contribution in [3.63, 3.8) is 0 Å². The topological polar surface area (TPSA) is 9.23 Å². The molecule has 2 aromatic rings. The van der Waals surface area contributed by atoms with Crippen molar-refractivity contribution in [2.45, 2.75) is 245 Å². The van der Waals surface area contributed by atoms with Gasteiger partial charge in [0.2, 0.25) is 0 Å². The van der Waals surface area contributed by atoms with Crippen molar-refractivity contribution in [1.82, 2.24) is 0 Å². The van der Waals surface area contributed by atoms with E-state index in [4.69, 9.17) is 4.74 Å². The van der Waals surface area contributed by atoms with Crippen LogP contribution in [0.1, 0.15) is 267 Å². The van der Waals surface area contributed by atoms with Crippen LogP contribution in [0.3, 0.4) is 0 Å². The van der Waals surface area contributed by atoms with Crippen LogP contribution < -0.4 is 0 Å². The summed E-state index contributed by atoms with van der Waals surface area (Å²) in [6, 6.07) is 20.0. The SMILES string of the molecule is CCCCCCC[C@H]1CC[C@H](C(=CCOCC=C(c2ccc([C@H]3CC[C@H](CCC)CC3)cc2)[C@H]2CC[C@H](CCCCCCC)CC2)c2ccc([C@H]3CC[C@H](CCC)CC3)cc2)CC1. The molecule has 0 aliphatic heterocycles. The van der Waals surface area contributed by atoms with E-state index in [1.54, 1.807) is 22.3 Å². The van der Waals surface area contributed by atoms with Crippen molar-refractivity contribution in [2.24, 2.45) is 35.5 Å². The zero-order valence-electron chi connectivity index (χ0n) is 41.8. The predicted octanol–water partition coefficient (Wildman–Crippen LogP) is 19.7. The number of benzene rings is 2. The fourth-order valence-corrected chi connectivity index (χ4v) is 13.3. The zero-order chi connectivity index (χ0) is 43.9. The van der Waals surface area contributed by atoms with Gasteiger partial charge in [0.15, 0.2) is 0 Å². The third-order valence-electron chi connectivity index (χ3n) is 17.4. The smallest absolute Gasteiger partial charge is 0.0657 e. The van der Waals surface area contributed by atoms with Crippen molar-refractivity contribution in [1.29, 1.82) is 0 Å². The predicted molar refractivity (Wildman–Crippen MR) is 277 cm³/mol.